The molecule has 1 N–H and O–H groups in total. The molecule has 2 bridgehead atoms. The summed E-state index contributed by atoms with van der Waals surface area (Å²) in [5.41, 5.74) is 1.21. The summed E-state index contributed by atoms with van der Waals surface area (Å²) < 4.78 is 12.4. The van der Waals surface area contributed by atoms with Crippen LogP contribution in [0.4, 0.5) is 17.1 Å². The summed E-state index contributed by atoms with van der Waals surface area (Å²) in [5, 5.41) is 9.43. The third kappa shape index (κ3) is 6.96. The minimum absolute atomic E-state index is 0.0524. The average Bonchev–Trinajstić information content (AvgIpc) is 3.72. The van der Waals surface area contributed by atoms with Gasteiger partial charge in [0.2, 0.25) is 11.8 Å². The molecular formula is C39H51BrN4O6. The lowest BCUT2D eigenvalue weighted by atomic mass is 9.70. The number of carbonyl (C=O) groups is 3. The maximum atomic E-state index is 15.0. The van der Waals surface area contributed by atoms with Crippen molar-refractivity contribution < 1.29 is 29.0 Å². The van der Waals surface area contributed by atoms with Crippen molar-refractivity contribution in [3.8, 4) is 5.75 Å². The summed E-state index contributed by atoms with van der Waals surface area (Å²) in [7, 11) is 0. The number of unbranched alkanes of at least 4 members (excludes halogenated alkanes) is 2. The molecule has 270 valence electrons. The number of anilines is 3. The van der Waals surface area contributed by atoms with Gasteiger partial charge in [-0.3, -0.25) is 14.4 Å². The topological polar surface area (TPSA) is 103 Å². The second kappa shape index (κ2) is 16.6. The molecule has 3 saturated heterocycles. The molecule has 6 atom stereocenters. The van der Waals surface area contributed by atoms with Gasteiger partial charge in [0, 0.05) is 61.2 Å². The minimum atomic E-state index is -1.20. The Balaban J connectivity index is 1.53. The van der Waals surface area contributed by atoms with Gasteiger partial charge in [-0.2, -0.15) is 0 Å². The van der Waals surface area contributed by atoms with Crippen LogP contribution in [0.15, 0.2) is 73.8 Å². The van der Waals surface area contributed by atoms with E-state index in [0.29, 0.717) is 56.0 Å². The number of aliphatic hydroxyl groups excluding tert-OH is 1. The van der Waals surface area contributed by atoms with Crippen LogP contribution >= 0.6 is 15.9 Å². The van der Waals surface area contributed by atoms with Gasteiger partial charge in [-0.1, -0.05) is 28.1 Å². The number of aliphatic hydroxyl groups is 1. The van der Waals surface area contributed by atoms with E-state index in [-0.39, 0.29) is 42.2 Å². The van der Waals surface area contributed by atoms with E-state index < -0.39 is 29.6 Å². The number of amides is 3. The first-order valence-corrected chi connectivity index (χ1v) is 18.8. The van der Waals surface area contributed by atoms with Crippen LogP contribution < -0.4 is 19.4 Å². The van der Waals surface area contributed by atoms with E-state index in [0.717, 1.165) is 18.8 Å². The molecule has 3 amide bonds. The Morgan fingerprint density at radius 2 is 1.52 bits per heavy atom. The van der Waals surface area contributed by atoms with Gasteiger partial charge in [-0.05, 0) is 95.0 Å². The van der Waals surface area contributed by atoms with Gasteiger partial charge in [0.1, 0.15) is 17.4 Å². The van der Waals surface area contributed by atoms with Crippen molar-refractivity contribution in [1.29, 1.82) is 0 Å². The van der Waals surface area contributed by atoms with Gasteiger partial charge in [0.15, 0.2) is 0 Å². The summed E-state index contributed by atoms with van der Waals surface area (Å²) in [4.78, 5) is 51.3. The van der Waals surface area contributed by atoms with Crippen molar-refractivity contribution in [2.75, 3.05) is 60.6 Å². The fourth-order valence-corrected chi connectivity index (χ4v) is 9.00. The Morgan fingerprint density at radius 3 is 2.08 bits per heavy atom. The third-order valence-corrected chi connectivity index (χ3v) is 11.1. The number of halogens is 1. The molecule has 2 aromatic rings. The van der Waals surface area contributed by atoms with Crippen LogP contribution in [0, 0.1) is 11.8 Å². The SMILES string of the molecule is C=CCN(C(=O)C1N(CCCCCO)C(=O)[C@@H]2[C@@H](C(=O)N(CC=C)c3ccc(OCC)cc3)[C@@H]3OC12CC3Br)c1ccc(N(CC)CC)cc1. The lowest BCUT2D eigenvalue weighted by Crippen LogP contribution is -2.57. The first-order chi connectivity index (χ1) is 24.2. The van der Waals surface area contributed by atoms with Crippen molar-refractivity contribution in [3.63, 3.8) is 0 Å². The number of likely N-dealkylation sites (tertiary alicyclic amines) is 1. The number of nitrogens with zero attached hydrogens (tertiary/aromatic N) is 4. The molecular weight excluding hydrogens is 700 g/mol. The smallest absolute Gasteiger partial charge is 0.253 e. The Kier molecular flexibility index (Phi) is 12.5. The molecule has 3 unspecified atom stereocenters. The zero-order valence-electron chi connectivity index (χ0n) is 29.5. The first kappa shape index (κ1) is 37.6. The predicted molar refractivity (Wildman–Crippen MR) is 201 cm³/mol. The number of rotatable bonds is 18. The molecule has 2 aromatic carbocycles. The van der Waals surface area contributed by atoms with Crippen molar-refractivity contribution in [3.05, 3.63) is 73.8 Å². The summed E-state index contributed by atoms with van der Waals surface area (Å²) in [5.74, 6) is -1.71. The van der Waals surface area contributed by atoms with Crippen LogP contribution in [0.1, 0.15) is 46.5 Å². The molecule has 3 aliphatic rings. The summed E-state index contributed by atoms with van der Waals surface area (Å²) >= 11 is 3.81. The predicted octanol–water partition coefficient (Wildman–Crippen LogP) is 5.58. The largest absolute Gasteiger partial charge is 0.494 e. The van der Waals surface area contributed by atoms with Gasteiger partial charge in [-0.25, -0.2) is 0 Å². The molecule has 11 heteroatoms. The number of benzene rings is 2. The van der Waals surface area contributed by atoms with E-state index >= 15 is 0 Å². The molecule has 5 rings (SSSR count). The van der Waals surface area contributed by atoms with Gasteiger partial charge in [-0.15, -0.1) is 13.2 Å². The van der Waals surface area contributed by atoms with Gasteiger partial charge >= 0.3 is 0 Å². The van der Waals surface area contributed by atoms with E-state index in [1.165, 1.54) is 0 Å². The fourth-order valence-electron chi connectivity index (χ4n) is 8.05. The molecule has 50 heavy (non-hydrogen) atoms. The molecule has 0 aliphatic carbocycles. The van der Waals surface area contributed by atoms with Crippen molar-refractivity contribution in [2.45, 2.75) is 69.0 Å². The van der Waals surface area contributed by atoms with Crippen LogP contribution in [0.2, 0.25) is 0 Å². The zero-order chi connectivity index (χ0) is 36.0. The minimum Gasteiger partial charge on any atom is -0.494 e. The van der Waals surface area contributed by atoms with E-state index in [4.69, 9.17) is 9.47 Å². The highest BCUT2D eigenvalue weighted by molar-refractivity contribution is 9.09. The fraction of sp³-hybridized carbons (Fsp3) is 0.513. The zero-order valence-corrected chi connectivity index (χ0v) is 31.1. The number of alkyl halides is 1. The van der Waals surface area contributed by atoms with E-state index in [9.17, 15) is 19.5 Å². The lowest BCUT2D eigenvalue weighted by Gasteiger charge is -2.37. The Bertz CT molecular complexity index is 1520. The van der Waals surface area contributed by atoms with Crippen LogP contribution in [-0.2, 0) is 19.1 Å². The quantitative estimate of drug-likeness (QED) is 0.121. The van der Waals surface area contributed by atoms with Crippen molar-refractivity contribution in [2.24, 2.45) is 11.8 Å². The normalized spacial score (nSPS) is 24.9. The van der Waals surface area contributed by atoms with Crippen molar-refractivity contribution in [1.82, 2.24) is 4.90 Å². The molecule has 0 aromatic heterocycles. The molecule has 3 heterocycles. The number of carbonyl (C=O) groups excluding carboxylic acids is 3. The first-order valence-electron chi connectivity index (χ1n) is 17.9. The molecule has 1 spiro atoms. The summed E-state index contributed by atoms with van der Waals surface area (Å²) in [6.45, 7) is 17.0. The number of hydrogen-bond donors (Lipinski definition) is 1. The third-order valence-electron chi connectivity index (χ3n) is 10.3. The van der Waals surface area contributed by atoms with Crippen LogP contribution in [0.3, 0.4) is 0 Å². The molecule has 3 aliphatic heterocycles. The Labute approximate surface area is 304 Å². The van der Waals surface area contributed by atoms with E-state index in [1.54, 1.807) is 26.9 Å². The molecule has 3 fully saturated rings. The highest BCUT2D eigenvalue weighted by Crippen LogP contribution is 2.60. The maximum Gasteiger partial charge on any atom is 0.253 e. The second-order valence-electron chi connectivity index (χ2n) is 13.1. The standard InChI is InChI=1S/C39H51BrN4O6/c1-6-22-42(29-18-20-30(21-19-29)49-10-5)36(46)32-33-37(47)44(24-12-11-13-25-45)35(39(33)26-31(40)34(32)50-39)38(48)43(23-7-2)28-16-14-27(15-17-28)41(8-3)9-4/h6-7,14-21,31-35,45H,1-2,8-13,22-26H2,3-5H3/t31?,32-,33+,34-,35?,39?/m1/s1. The Morgan fingerprint density at radius 1 is 0.940 bits per heavy atom. The van der Waals surface area contributed by atoms with Gasteiger partial charge < -0.3 is 34.2 Å². The van der Waals surface area contributed by atoms with E-state index in [1.807, 2.05) is 55.5 Å². The number of ether oxygens (including phenoxy) is 2. The highest BCUT2D eigenvalue weighted by Gasteiger charge is 2.77. The lowest BCUT2D eigenvalue weighted by molar-refractivity contribution is -0.140. The Hall–Kier alpha value is -3.67. The van der Waals surface area contributed by atoms with Crippen LogP contribution in [0.25, 0.3) is 0 Å². The van der Waals surface area contributed by atoms with E-state index in [2.05, 4.69) is 47.8 Å². The van der Waals surface area contributed by atoms with Crippen LogP contribution in [-0.4, -0.2) is 96.2 Å². The second-order valence-corrected chi connectivity index (χ2v) is 14.2. The molecule has 0 radical (unpaired) electrons. The molecule has 10 nitrogen and oxygen atoms in total. The summed E-state index contributed by atoms with van der Waals surface area (Å²) in [6, 6.07) is 14.2. The molecule has 0 saturated carbocycles. The maximum absolute atomic E-state index is 15.0. The van der Waals surface area contributed by atoms with Gasteiger partial charge in [0.25, 0.3) is 5.91 Å². The number of hydrogen-bond acceptors (Lipinski definition) is 7. The van der Waals surface area contributed by atoms with Gasteiger partial charge in [0.05, 0.1) is 24.5 Å². The monoisotopic (exact) mass is 750 g/mol. The highest BCUT2D eigenvalue weighted by atomic mass is 79.9. The van der Waals surface area contributed by atoms with Crippen molar-refractivity contribution >= 4 is 50.7 Å². The summed E-state index contributed by atoms with van der Waals surface area (Å²) in [6.07, 6.45) is 5.06. The average molecular weight is 752 g/mol. The van der Waals surface area contributed by atoms with Crippen LogP contribution in [0.5, 0.6) is 5.75 Å². The number of fused-ring (bicyclic) bond motifs is 1.